The minimum atomic E-state index is -0.740. The Balaban J connectivity index is 1.76. The van der Waals surface area contributed by atoms with Gasteiger partial charge in [0.1, 0.15) is 0 Å². The van der Waals surface area contributed by atoms with Gasteiger partial charge in [-0.05, 0) is 31.2 Å². The van der Waals surface area contributed by atoms with E-state index in [9.17, 15) is 9.59 Å². The van der Waals surface area contributed by atoms with Crippen molar-refractivity contribution >= 4 is 35.0 Å². The van der Waals surface area contributed by atoms with Crippen molar-refractivity contribution in [2.75, 3.05) is 12.3 Å². The number of thiophene rings is 1. The molecule has 1 saturated heterocycles. The standard InChI is InChI=1S/C14H19NO3S2/c1-10-7-11(14(17)18)4-5-15(10)13(16)9-19-8-12-3-2-6-20-12/h2-3,6,10-11H,4-5,7-9H2,1H3,(H,17,18). The molecule has 0 bridgehead atoms. The monoisotopic (exact) mass is 313 g/mol. The van der Waals surface area contributed by atoms with Gasteiger partial charge in [0.15, 0.2) is 0 Å². The Bertz CT molecular complexity index is 461. The van der Waals surface area contributed by atoms with Gasteiger partial charge in [-0.3, -0.25) is 9.59 Å². The van der Waals surface area contributed by atoms with Gasteiger partial charge in [-0.15, -0.1) is 23.1 Å². The topological polar surface area (TPSA) is 57.6 Å². The number of thioether (sulfide) groups is 1. The lowest BCUT2D eigenvalue weighted by Crippen LogP contribution is -2.46. The highest BCUT2D eigenvalue weighted by Crippen LogP contribution is 2.24. The molecule has 0 spiro atoms. The number of carbonyl (C=O) groups excluding carboxylic acids is 1. The number of nitrogens with zero attached hydrogens (tertiary/aromatic N) is 1. The highest BCUT2D eigenvalue weighted by atomic mass is 32.2. The number of hydrogen-bond acceptors (Lipinski definition) is 4. The van der Waals surface area contributed by atoms with Gasteiger partial charge in [-0.2, -0.15) is 0 Å². The maximum absolute atomic E-state index is 12.2. The fourth-order valence-corrected chi connectivity index (χ4v) is 4.23. The molecule has 2 unspecified atom stereocenters. The fourth-order valence-electron chi connectivity index (χ4n) is 2.48. The molecule has 2 atom stereocenters. The molecule has 110 valence electrons. The Morgan fingerprint density at radius 1 is 1.55 bits per heavy atom. The number of likely N-dealkylation sites (tertiary alicyclic amines) is 1. The summed E-state index contributed by atoms with van der Waals surface area (Å²) in [6.07, 6.45) is 1.14. The van der Waals surface area contributed by atoms with Gasteiger partial charge in [0.05, 0.1) is 11.7 Å². The Morgan fingerprint density at radius 2 is 2.35 bits per heavy atom. The second-order valence-electron chi connectivity index (χ2n) is 5.07. The summed E-state index contributed by atoms with van der Waals surface area (Å²) in [7, 11) is 0. The summed E-state index contributed by atoms with van der Waals surface area (Å²) in [6, 6.07) is 4.12. The van der Waals surface area contributed by atoms with E-state index in [1.807, 2.05) is 23.3 Å². The van der Waals surface area contributed by atoms with Crippen LogP contribution in [0.2, 0.25) is 0 Å². The van der Waals surface area contributed by atoms with Crippen LogP contribution in [0.1, 0.15) is 24.6 Å². The summed E-state index contributed by atoms with van der Waals surface area (Å²) in [4.78, 5) is 26.3. The predicted molar refractivity (Wildman–Crippen MR) is 82.0 cm³/mol. The first-order valence-corrected chi connectivity index (χ1v) is 8.73. The van der Waals surface area contributed by atoms with Crippen LogP contribution in [0.25, 0.3) is 0 Å². The van der Waals surface area contributed by atoms with Gasteiger partial charge in [-0.1, -0.05) is 6.07 Å². The van der Waals surface area contributed by atoms with Crippen molar-refractivity contribution in [2.45, 2.75) is 31.6 Å². The maximum atomic E-state index is 12.2. The normalized spacial score (nSPS) is 22.8. The van der Waals surface area contributed by atoms with Crippen LogP contribution < -0.4 is 0 Å². The molecule has 6 heteroatoms. The molecule has 1 aliphatic rings. The summed E-state index contributed by atoms with van der Waals surface area (Å²) in [5, 5.41) is 11.1. The molecule has 1 aliphatic heterocycles. The van der Waals surface area contributed by atoms with Crippen LogP contribution in [0.5, 0.6) is 0 Å². The highest BCUT2D eigenvalue weighted by molar-refractivity contribution is 7.99. The summed E-state index contributed by atoms with van der Waals surface area (Å²) in [5.41, 5.74) is 0. The molecule has 2 rings (SSSR count). The number of carboxylic acid groups (broad SMARTS) is 1. The third kappa shape index (κ3) is 3.99. The molecule has 1 N–H and O–H groups in total. The van der Waals surface area contributed by atoms with Crippen molar-refractivity contribution in [3.8, 4) is 0 Å². The van der Waals surface area contributed by atoms with Crippen LogP contribution in [-0.2, 0) is 15.3 Å². The van der Waals surface area contributed by atoms with Crippen LogP contribution in [0.3, 0.4) is 0 Å². The average Bonchev–Trinajstić information content (AvgIpc) is 2.91. The molecule has 0 radical (unpaired) electrons. The molecule has 0 saturated carbocycles. The quantitative estimate of drug-likeness (QED) is 0.908. The molecule has 0 aromatic carbocycles. The first kappa shape index (κ1) is 15.4. The van der Waals surface area contributed by atoms with Crippen molar-refractivity contribution in [3.63, 3.8) is 0 Å². The Labute approximate surface area is 127 Å². The lowest BCUT2D eigenvalue weighted by Gasteiger charge is -2.36. The number of piperidine rings is 1. The second kappa shape index (κ2) is 7.13. The molecular formula is C14H19NO3S2. The molecule has 2 heterocycles. The van der Waals surface area contributed by atoms with Crippen LogP contribution in [0, 0.1) is 5.92 Å². The Morgan fingerprint density at radius 3 is 2.95 bits per heavy atom. The van der Waals surface area contributed by atoms with Crippen LogP contribution in [-0.4, -0.2) is 40.2 Å². The van der Waals surface area contributed by atoms with Crippen molar-refractivity contribution in [1.29, 1.82) is 0 Å². The lowest BCUT2D eigenvalue weighted by molar-refractivity contribution is -0.146. The molecule has 1 aromatic heterocycles. The maximum Gasteiger partial charge on any atom is 0.306 e. The zero-order chi connectivity index (χ0) is 14.5. The molecule has 4 nitrogen and oxygen atoms in total. The first-order valence-electron chi connectivity index (χ1n) is 6.70. The van der Waals surface area contributed by atoms with Crippen LogP contribution in [0.15, 0.2) is 17.5 Å². The first-order chi connectivity index (χ1) is 9.58. The van der Waals surface area contributed by atoms with Gasteiger partial charge in [-0.25, -0.2) is 0 Å². The van der Waals surface area contributed by atoms with Crippen molar-refractivity contribution in [1.82, 2.24) is 4.90 Å². The van der Waals surface area contributed by atoms with Crippen LogP contribution in [0.4, 0.5) is 0 Å². The summed E-state index contributed by atoms with van der Waals surface area (Å²) in [5.74, 6) is 0.426. The van der Waals surface area contributed by atoms with E-state index in [0.29, 0.717) is 25.1 Å². The van der Waals surface area contributed by atoms with E-state index in [1.165, 1.54) is 4.88 Å². The Hall–Kier alpha value is -1.01. The van der Waals surface area contributed by atoms with E-state index < -0.39 is 5.97 Å². The van der Waals surface area contributed by atoms with E-state index in [-0.39, 0.29) is 17.9 Å². The van der Waals surface area contributed by atoms with Gasteiger partial charge in [0.2, 0.25) is 5.91 Å². The van der Waals surface area contributed by atoms with Gasteiger partial charge in [0.25, 0.3) is 0 Å². The molecule has 20 heavy (non-hydrogen) atoms. The number of carbonyl (C=O) groups is 2. The molecule has 1 amide bonds. The minimum Gasteiger partial charge on any atom is -0.481 e. The minimum absolute atomic E-state index is 0.0275. The van der Waals surface area contributed by atoms with Gasteiger partial charge < -0.3 is 10.0 Å². The number of rotatable bonds is 5. The largest absolute Gasteiger partial charge is 0.481 e. The molecular weight excluding hydrogens is 294 g/mol. The summed E-state index contributed by atoms with van der Waals surface area (Å²) < 4.78 is 0. The Kier molecular flexibility index (Phi) is 5.48. The number of carboxylic acids is 1. The molecule has 0 aliphatic carbocycles. The van der Waals surface area contributed by atoms with Gasteiger partial charge >= 0.3 is 5.97 Å². The number of hydrogen-bond donors (Lipinski definition) is 1. The third-order valence-corrected chi connectivity index (χ3v) is 5.62. The van der Waals surface area contributed by atoms with Crippen molar-refractivity contribution < 1.29 is 14.7 Å². The smallest absolute Gasteiger partial charge is 0.306 e. The van der Waals surface area contributed by atoms with Crippen LogP contribution >= 0.6 is 23.1 Å². The third-order valence-electron chi connectivity index (χ3n) is 3.60. The zero-order valence-corrected chi connectivity index (χ0v) is 13.1. The number of amides is 1. The zero-order valence-electron chi connectivity index (χ0n) is 11.4. The average molecular weight is 313 g/mol. The second-order valence-corrected chi connectivity index (χ2v) is 7.09. The van der Waals surface area contributed by atoms with E-state index in [1.54, 1.807) is 23.1 Å². The lowest BCUT2D eigenvalue weighted by atomic mass is 9.92. The summed E-state index contributed by atoms with van der Waals surface area (Å²) in [6.45, 7) is 2.51. The van der Waals surface area contributed by atoms with E-state index in [0.717, 1.165) is 5.75 Å². The highest BCUT2D eigenvalue weighted by Gasteiger charge is 2.31. The van der Waals surface area contributed by atoms with E-state index in [2.05, 4.69) is 6.07 Å². The molecule has 1 fully saturated rings. The summed E-state index contributed by atoms with van der Waals surface area (Å²) >= 11 is 3.33. The van der Waals surface area contributed by atoms with E-state index >= 15 is 0 Å². The van der Waals surface area contributed by atoms with Gasteiger partial charge in [0, 0.05) is 23.2 Å². The van der Waals surface area contributed by atoms with Crippen molar-refractivity contribution in [2.24, 2.45) is 5.92 Å². The predicted octanol–water partition coefficient (Wildman–Crippen LogP) is 2.69. The fraction of sp³-hybridized carbons (Fsp3) is 0.571. The number of aliphatic carboxylic acids is 1. The SMILES string of the molecule is CC1CC(C(=O)O)CCN1C(=O)CSCc1cccs1. The van der Waals surface area contributed by atoms with Crippen molar-refractivity contribution in [3.05, 3.63) is 22.4 Å². The molecule has 1 aromatic rings. The van der Waals surface area contributed by atoms with E-state index in [4.69, 9.17) is 5.11 Å².